The second-order valence-electron chi connectivity index (χ2n) is 6.69. The Balaban J connectivity index is 1.63. The van der Waals surface area contributed by atoms with Crippen molar-refractivity contribution < 1.29 is 14.3 Å². The Hall–Kier alpha value is -3.19. The predicted molar refractivity (Wildman–Crippen MR) is 114 cm³/mol. The number of hydrogen-bond acceptors (Lipinski definition) is 5. The van der Waals surface area contributed by atoms with Crippen molar-refractivity contribution in [3.8, 4) is 16.3 Å². The Morgan fingerprint density at radius 1 is 1.21 bits per heavy atom. The number of amides is 2. The first kappa shape index (κ1) is 19.1. The lowest BCUT2D eigenvalue weighted by molar-refractivity contribution is -0.127. The molecule has 0 spiro atoms. The minimum Gasteiger partial charge on any atom is -0.477 e. The summed E-state index contributed by atoms with van der Waals surface area (Å²) in [6.45, 7) is 2.25. The van der Waals surface area contributed by atoms with Crippen molar-refractivity contribution >= 4 is 28.8 Å². The molecule has 0 radical (unpaired) electrons. The number of nitrogens with one attached hydrogen (secondary N) is 1. The zero-order valence-electron chi connectivity index (χ0n) is 16.2. The molecule has 3 aromatic rings. The summed E-state index contributed by atoms with van der Waals surface area (Å²) in [5.74, 6) is -0.0130. The first-order valence-electron chi connectivity index (χ1n) is 9.44. The van der Waals surface area contributed by atoms with Crippen LogP contribution in [0.4, 0.5) is 5.69 Å². The summed E-state index contributed by atoms with van der Waals surface area (Å²) < 4.78 is 5.77. The van der Waals surface area contributed by atoms with Crippen LogP contribution < -0.4 is 15.0 Å². The predicted octanol–water partition coefficient (Wildman–Crippen LogP) is 3.53. The van der Waals surface area contributed by atoms with Crippen LogP contribution in [0.1, 0.15) is 23.0 Å². The van der Waals surface area contributed by atoms with Gasteiger partial charge in [-0.2, -0.15) is 0 Å². The topological polar surface area (TPSA) is 71.5 Å². The average molecular weight is 407 g/mol. The Labute approximate surface area is 173 Å². The fourth-order valence-corrected chi connectivity index (χ4v) is 4.05. The van der Waals surface area contributed by atoms with Crippen molar-refractivity contribution in [1.82, 2.24) is 10.3 Å². The maximum absolute atomic E-state index is 13.2. The molecule has 1 aromatic heterocycles. The Morgan fingerprint density at radius 3 is 2.69 bits per heavy atom. The summed E-state index contributed by atoms with van der Waals surface area (Å²) in [5.41, 5.74) is 3.24. The van der Waals surface area contributed by atoms with Crippen LogP contribution in [0, 0.1) is 0 Å². The number of anilines is 1. The van der Waals surface area contributed by atoms with Gasteiger partial charge in [-0.3, -0.25) is 14.5 Å². The van der Waals surface area contributed by atoms with Gasteiger partial charge in [0.25, 0.3) is 11.8 Å². The molecule has 0 bridgehead atoms. The summed E-state index contributed by atoms with van der Waals surface area (Å²) >= 11 is 1.43. The van der Waals surface area contributed by atoms with Crippen LogP contribution in [0.15, 0.2) is 53.9 Å². The number of likely N-dealkylation sites (N-methyl/N-ethyl adjacent to an activating group) is 1. The van der Waals surface area contributed by atoms with Crippen molar-refractivity contribution in [2.24, 2.45) is 0 Å². The minimum atomic E-state index is -0.765. The lowest BCUT2D eigenvalue weighted by Crippen LogP contribution is -2.50. The van der Waals surface area contributed by atoms with Gasteiger partial charge in [0.05, 0.1) is 12.2 Å². The van der Waals surface area contributed by atoms with Crippen LogP contribution in [-0.2, 0) is 11.2 Å². The molecule has 2 heterocycles. The van der Waals surface area contributed by atoms with Gasteiger partial charge in [0.2, 0.25) is 0 Å². The standard InChI is InChI=1S/C22H21N3O3S/c1-3-14-8-10-15(11-9-14)21-24-16(13-29-21)22(27)25-12-19(20(26)23-2)28-18-7-5-4-6-17(18)25/h4-11,13,19H,3,12H2,1-2H3,(H,23,26)/t19-/m1/s1. The smallest absolute Gasteiger partial charge is 0.278 e. The van der Waals surface area contributed by atoms with E-state index in [9.17, 15) is 9.59 Å². The number of carbonyl (C=O) groups excluding carboxylic acids is 2. The van der Waals surface area contributed by atoms with E-state index < -0.39 is 6.10 Å². The first-order valence-corrected chi connectivity index (χ1v) is 10.3. The summed E-state index contributed by atoms with van der Waals surface area (Å²) in [6, 6.07) is 15.4. The molecule has 7 heteroatoms. The highest BCUT2D eigenvalue weighted by Crippen LogP contribution is 2.34. The second kappa shape index (κ2) is 8.05. The van der Waals surface area contributed by atoms with Crippen LogP contribution >= 0.6 is 11.3 Å². The number of aromatic nitrogens is 1. The monoisotopic (exact) mass is 407 g/mol. The number of para-hydroxylation sites is 2. The molecule has 0 unspecified atom stereocenters. The summed E-state index contributed by atoms with van der Waals surface area (Å²) in [4.78, 5) is 31.5. The van der Waals surface area contributed by atoms with E-state index in [0.29, 0.717) is 17.1 Å². The quantitative estimate of drug-likeness (QED) is 0.718. The number of rotatable bonds is 4. The van der Waals surface area contributed by atoms with E-state index in [2.05, 4.69) is 29.4 Å². The number of benzene rings is 2. The SMILES string of the molecule is CCc1ccc(-c2nc(C(=O)N3C[C@H](C(=O)NC)Oc4ccccc43)cs2)cc1. The van der Waals surface area contributed by atoms with Crippen molar-refractivity contribution in [2.45, 2.75) is 19.4 Å². The summed E-state index contributed by atoms with van der Waals surface area (Å²) in [7, 11) is 1.55. The van der Waals surface area contributed by atoms with Crippen LogP contribution in [0.5, 0.6) is 5.75 Å². The number of aryl methyl sites for hydroxylation is 1. The van der Waals surface area contributed by atoms with Crippen molar-refractivity contribution in [2.75, 3.05) is 18.5 Å². The molecule has 1 atom stereocenters. The fraction of sp³-hybridized carbons (Fsp3) is 0.227. The lowest BCUT2D eigenvalue weighted by Gasteiger charge is -2.33. The fourth-order valence-electron chi connectivity index (χ4n) is 3.25. The van der Waals surface area contributed by atoms with E-state index in [1.54, 1.807) is 23.4 Å². The number of hydrogen-bond donors (Lipinski definition) is 1. The molecule has 1 N–H and O–H groups in total. The highest BCUT2D eigenvalue weighted by atomic mass is 32.1. The van der Waals surface area contributed by atoms with E-state index in [-0.39, 0.29) is 18.4 Å². The molecule has 0 aliphatic carbocycles. The van der Waals surface area contributed by atoms with Crippen LogP contribution in [0.3, 0.4) is 0 Å². The molecular formula is C22H21N3O3S. The number of carbonyl (C=O) groups is 2. The first-order chi connectivity index (χ1) is 14.1. The van der Waals surface area contributed by atoms with Gasteiger partial charge < -0.3 is 10.1 Å². The van der Waals surface area contributed by atoms with Gasteiger partial charge in [-0.15, -0.1) is 11.3 Å². The molecule has 2 amide bonds. The average Bonchev–Trinajstić information content (AvgIpc) is 3.27. The number of thiazole rings is 1. The number of ether oxygens (including phenoxy) is 1. The van der Waals surface area contributed by atoms with Gasteiger partial charge in [0.1, 0.15) is 16.5 Å². The Bertz CT molecular complexity index is 1050. The van der Waals surface area contributed by atoms with E-state index in [1.165, 1.54) is 16.9 Å². The third kappa shape index (κ3) is 3.73. The normalized spacial score (nSPS) is 15.4. The van der Waals surface area contributed by atoms with E-state index in [0.717, 1.165) is 17.0 Å². The largest absolute Gasteiger partial charge is 0.477 e. The second-order valence-corrected chi connectivity index (χ2v) is 7.55. The molecule has 0 fully saturated rings. The van der Waals surface area contributed by atoms with Gasteiger partial charge >= 0.3 is 0 Å². The maximum Gasteiger partial charge on any atom is 0.278 e. The van der Waals surface area contributed by atoms with Crippen molar-refractivity contribution in [3.05, 3.63) is 65.2 Å². The van der Waals surface area contributed by atoms with Crippen LogP contribution in [0.25, 0.3) is 10.6 Å². The van der Waals surface area contributed by atoms with Gasteiger partial charge in [0, 0.05) is 18.0 Å². The van der Waals surface area contributed by atoms with Gasteiger partial charge in [0.15, 0.2) is 6.10 Å². The number of fused-ring (bicyclic) bond motifs is 1. The molecule has 0 saturated heterocycles. The highest BCUT2D eigenvalue weighted by Gasteiger charge is 2.34. The van der Waals surface area contributed by atoms with E-state index in [4.69, 9.17) is 4.74 Å². The Kier molecular flexibility index (Phi) is 5.31. The molecule has 2 aromatic carbocycles. The molecule has 1 aliphatic heterocycles. The number of nitrogens with zero attached hydrogens (tertiary/aromatic N) is 2. The van der Waals surface area contributed by atoms with Gasteiger partial charge in [-0.25, -0.2) is 4.98 Å². The van der Waals surface area contributed by atoms with Crippen LogP contribution in [0.2, 0.25) is 0 Å². The van der Waals surface area contributed by atoms with E-state index in [1.807, 2.05) is 30.3 Å². The Morgan fingerprint density at radius 2 is 1.97 bits per heavy atom. The third-order valence-electron chi connectivity index (χ3n) is 4.89. The minimum absolute atomic E-state index is 0.133. The molecule has 1 aliphatic rings. The summed E-state index contributed by atoms with van der Waals surface area (Å²) in [5, 5.41) is 5.14. The molecule has 0 saturated carbocycles. The van der Waals surface area contributed by atoms with Gasteiger partial charge in [-0.05, 0) is 24.1 Å². The van der Waals surface area contributed by atoms with Crippen LogP contribution in [-0.4, -0.2) is 36.5 Å². The molecule has 6 nitrogen and oxygen atoms in total. The third-order valence-corrected chi connectivity index (χ3v) is 5.78. The molecular weight excluding hydrogens is 386 g/mol. The van der Waals surface area contributed by atoms with Crippen molar-refractivity contribution in [1.29, 1.82) is 0 Å². The molecule has 4 rings (SSSR count). The van der Waals surface area contributed by atoms with Crippen molar-refractivity contribution in [3.63, 3.8) is 0 Å². The van der Waals surface area contributed by atoms with E-state index >= 15 is 0 Å². The lowest BCUT2D eigenvalue weighted by atomic mass is 10.1. The zero-order valence-corrected chi connectivity index (χ0v) is 17.0. The maximum atomic E-state index is 13.2. The molecule has 29 heavy (non-hydrogen) atoms. The highest BCUT2D eigenvalue weighted by molar-refractivity contribution is 7.13. The zero-order chi connectivity index (χ0) is 20.4. The molecule has 148 valence electrons. The van der Waals surface area contributed by atoms with Gasteiger partial charge in [-0.1, -0.05) is 43.3 Å². The summed E-state index contributed by atoms with van der Waals surface area (Å²) in [6.07, 6.45) is 0.212.